The van der Waals surface area contributed by atoms with Crippen LogP contribution in [0, 0.1) is 46.3 Å². The number of fused-ring (bicyclic) bond motifs is 5. The van der Waals surface area contributed by atoms with Gasteiger partial charge < -0.3 is 4.74 Å². The van der Waals surface area contributed by atoms with E-state index in [-0.39, 0.29) is 12.1 Å². The van der Waals surface area contributed by atoms with E-state index in [2.05, 4.69) is 40.7 Å². The number of halogens is 1. The molecular weight excluding hydrogens is 440 g/mol. The van der Waals surface area contributed by atoms with E-state index in [1.165, 1.54) is 57.4 Å². The summed E-state index contributed by atoms with van der Waals surface area (Å²) >= 11 is 5.87. The van der Waals surface area contributed by atoms with Gasteiger partial charge >= 0.3 is 5.97 Å². The van der Waals surface area contributed by atoms with Crippen LogP contribution in [-0.4, -0.2) is 12.1 Å². The average Bonchev–Trinajstić information content (AvgIpc) is 3.10. The number of carbonyl (C=O) groups excluding carboxylic acids is 1. The Kier molecular flexibility index (Phi) is 7.98. The van der Waals surface area contributed by atoms with Gasteiger partial charge in [-0.15, -0.1) is 0 Å². The van der Waals surface area contributed by atoms with Crippen molar-refractivity contribution < 1.29 is 9.53 Å². The molecule has 0 aromatic rings. The highest BCUT2D eigenvalue weighted by molar-refractivity contribution is 6.30. The summed E-state index contributed by atoms with van der Waals surface area (Å²) in [6, 6.07) is 0. The molecule has 3 saturated carbocycles. The lowest BCUT2D eigenvalue weighted by molar-refractivity contribution is -0.145. The van der Waals surface area contributed by atoms with Crippen molar-refractivity contribution in [1.29, 1.82) is 0 Å². The lowest BCUT2D eigenvalue weighted by Crippen LogP contribution is -2.51. The van der Waals surface area contributed by atoms with Gasteiger partial charge in [0.05, 0.1) is 0 Å². The molecule has 0 heterocycles. The average molecular weight is 489 g/mol. The first-order chi connectivity index (χ1) is 16.0. The van der Waals surface area contributed by atoms with E-state index >= 15 is 0 Å². The van der Waals surface area contributed by atoms with Gasteiger partial charge in [0.1, 0.15) is 6.10 Å². The second-order valence-corrected chi connectivity index (χ2v) is 13.9. The summed E-state index contributed by atoms with van der Waals surface area (Å²) in [5.74, 6) is 4.87. The van der Waals surface area contributed by atoms with Crippen molar-refractivity contribution in [1.82, 2.24) is 0 Å². The van der Waals surface area contributed by atoms with Gasteiger partial charge in [0.25, 0.3) is 0 Å². The summed E-state index contributed by atoms with van der Waals surface area (Å²) < 4.78 is 5.76. The van der Waals surface area contributed by atoms with E-state index in [1.54, 1.807) is 12.5 Å². The topological polar surface area (TPSA) is 26.3 Å². The van der Waals surface area contributed by atoms with Gasteiger partial charge in [-0.05, 0) is 98.2 Å². The van der Waals surface area contributed by atoms with E-state index in [4.69, 9.17) is 16.3 Å². The molecule has 2 nitrogen and oxygen atoms in total. The third-order valence-electron chi connectivity index (χ3n) is 10.9. The summed E-state index contributed by atoms with van der Waals surface area (Å²) in [5, 5.41) is 0.486. The molecule has 0 amide bonds. The Morgan fingerprint density at radius 2 is 1.88 bits per heavy atom. The Bertz CT molecular complexity index is 808. The molecule has 4 aliphatic carbocycles. The zero-order chi connectivity index (χ0) is 24.7. The van der Waals surface area contributed by atoms with Crippen molar-refractivity contribution in [3.05, 3.63) is 22.8 Å². The van der Waals surface area contributed by atoms with Crippen molar-refractivity contribution in [2.45, 2.75) is 118 Å². The molecule has 3 heteroatoms. The summed E-state index contributed by atoms with van der Waals surface area (Å²) in [4.78, 5) is 12.1. The Labute approximate surface area is 214 Å². The zero-order valence-electron chi connectivity index (χ0n) is 22.7. The third-order valence-corrected chi connectivity index (χ3v) is 11.0. The SMILES string of the molecule is C/C(Cl)=C\C(=O)O[C@H]1CC[C@@]2(C)C(=CC[C@@H]3[C@H]2CC[C@]2(C)[C@@H]([C@H](C)CCCC(C)C)CC[C@@H]32)C1. The first kappa shape index (κ1) is 26.3. The fraction of sp³-hybridized carbons (Fsp3) is 0.839. The lowest BCUT2D eigenvalue weighted by Gasteiger charge is -2.58. The molecule has 4 rings (SSSR count). The molecule has 0 unspecified atom stereocenters. The zero-order valence-corrected chi connectivity index (χ0v) is 23.4. The van der Waals surface area contributed by atoms with Crippen molar-refractivity contribution in [2.24, 2.45) is 46.3 Å². The Morgan fingerprint density at radius 1 is 1.12 bits per heavy atom. The van der Waals surface area contributed by atoms with E-state index < -0.39 is 0 Å². The summed E-state index contributed by atoms with van der Waals surface area (Å²) in [7, 11) is 0. The molecular formula is C31H49ClO2. The first-order valence-electron chi connectivity index (χ1n) is 14.3. The number of allylic oxidation sites excluding steroid dienone is 2. The Morgan fingerprint density at radius 3 is 2.59 bits per heavy atom. The predicted octanol–water partition coefficient (Wildman–Crippen LogP) is 9.08. The maximum Gasteiger partial charge on any atom is 0.332 e. The molecule has 0 saturated heterocycles. The van der Waals surface area contributed by atoms with Gasteiger partial charge in [0, 0.05) is 17.5 Å². The van der Waals surface area contributed by atoms with Crippen LogP contribution in [0.4, 0.5) is 0 Å². The van der Waals surface area contributed by atoms with Gasteiger partial charge in [0.15, 0.2) is 0 Å². The molecule has 4 aliphatic rings. The van der Waals surface area contributed by atoms with Gasteiger partial charge in [-0.2, -0.15) is 0 Å². The normalized spacial score (nSPS) is 40.8. The van der Waals surface area contributed by atoms with Crippen molar-refractivity contribution in [2.75, 3.05) is 0 Å². The number of hydrogen-bond acceptors (Lipinski definition) is 2. The van der Waals surface area contributed by atoms with Crippen LogP contribution in [0.5, 0.6) is 0 Å². The van der Waals surface area contributed by atoms with Crippen molar-refractivity contribution in [3.8, 4) is 0 Å². The highest BCUT2D eigenvalue weighted by atomic mass is 35.5. The third kappa shape index (κ3) is 5.05. The molecule has 8 atom stereocenters. The molecule has 0 bridgehead atoms. The minimum atomic E-state index is -0.289. The Balaban J connectivity index is 1.44. The largest absolute Gasteiger partial charge is 0.459 e. The van der Waals surface area contributed by atoms with Crippen LogP contribution in [0.3, 0.4) is 0 Å². The number of carbonyl (C=O) groups is 1. The first-order valence-corrected chi connectivity index (χ1v) is 14.7. The van der Waals surface area contributed by atoms with Crippen LogP contribution in [0.2, 0.25) is 0 Å². The predicted molar refractivity (Wildman–Crippen MR) is 143 cm³/mol. The van der Waals surface area contributed by atoms with Crippen LogP contribution < -0.4 is 0 Å². The van der Waals surface area contributed by atoms with E-state index in [0.29, 0.717) is 15.9 Å². The molecule has 192 valence electrons. The fourth-order valence-corrected chi connectivity index (χ4v) is 9.20. The van der Waals surface area contributed by atoms with E-state index in [9.17, 15) is 4.79 Å². The van der Waals surface area contributed by atoms with Crippen LogP contribution in [0.25, 0.3) is 0 Å². The maximum atomic E-state index is 12.1. The van der Waals surface area contributed by atoms with E-state index in [0.717, 1.165) is 54.8 Å². The molecule has 0 spiro atoms. The van der Waals surface area contributed by atoms with Gasteiger partial charge in [-0.1, -0.05) is 77.1 Å². The number of rotatable bonds is 7. The second kappa shape index (κ2) is 10.3. The summed E-state index contributed by atoms with van der Waals surface area (Å²) in [6.45, 7) is 14.2. The minimum absolute atomic E-state index is 0.00653. The van der Waals surface area contributed by atoms with Crippen LogP contribution in [-0.2, 0) is 9.53 Å². The molecule has 34 heavy (non-hydrogen) atoms. The van der Waals surface area contributed by atoms with Crippen LogP contribution >= 0.6 is 11.6 Å². The van der Waals surface area contributed by atoms with Crippen LogP contribution in [0.15, 0.2) is 22.8 Å². The van der Waals surface area contributed by atoms with Gasteiger partial charge in [-0.25, -0.2) is 4.79 Å². The standard InChI is InChI=1S/C31H49ClO2/c1-20(2)8-7-9-21(3)26-12-13-27-25-11-10-23-19-24(34-29(33)18-22(4)32)14-16-30(23,5)28(25)15-17-31(26,27)6/h10,18,20-21,24-28H,7-9,11-17,19H2,1-6H3/b22-18+/t21-,24+,25+,26-,27+,28-,30+,31-/m1/s1. The number of ether oxygens (including phenoxy) is 1. The summed E-state index contributed by atoms with van der Waals surface area (Å²) in [6.07, 6.45) is 18.2. The Hall–Kier alpha value is -0.760. The lowest BCUT2D eigenvalue weighted by atomic mass is 9.47. The highest BCUT2D eigenvalue weighted by Gasteiger charge is 2.59. The quantitative estimate of drug-likeness (QED) is 0.203. The number of esters is 1. The molecule has 0 radical (unpaired) electrons. The molecule has 0 aliphatic heterocycles. The molecule has 3 fully saturated rings. The fourth-order valence-electron chi connectivity index (χ4n) is 9.11. The second-order valence-electron chi connectivity index (χ2n) is 13.3. The van der Waals surface area contributed by atoms with Gasteiger partial charge in [0.2, 0.25) is 0 Å². The molecule has 0 aromatic carbocycles. The minimum Gasteiger partial charge on any atom is -0.459 e. The molecule has 0 N–H and O–H groups in total. The smallest absolute Gasteiger partial charge is 0.332 e. The monoisotopic (exact) mass is 488 g/mol. The van der Waals surface area contributed by atoms with Crippen molar-refractivity contribution >= 4 is 17.6 Å². The summed E-state index contributed by atoms with van der Waals surface area (Å²) in [5.41, 5.74) is 2.41. The van der Waals surface area contributed by atoms with Gasteiger partial charge in [-0.3, -0.25) is 0 Å². The molecule has 0 aromatic heterocycles. The number of hydrogen-bond donors (Lipinski definition) is 0. The maximum absolute atomic E-state index is 12.1. The van der Waals surface area contributed by atoms with Crippen LogP contribution in [0.1, 0.15) is 112 Å². The highest BCUT2D eigenvalue weighted by Crippen LogP contribution is 2.67. The van der Waals surface area contributed by atoms with Crippen molar-refractivity contribution in [3.63, 3.8) is 0 Å². The van der Waals surface area contributed by atoms with E-state index in [1.807, 2.05) is 0 Å².